The lowest BCUT2D eigenvalue weighted by Crippen LogP contribution is -2.47. The lowest BCUT2D eigenvalue weighted by Gasteiger charge is -2.34. The van der Waals surface area contributed by atoms with Crippen LogP contribution in [0.5, 0.6) is 0 Å². The Balaban J connectivity index is 0.00000200. The number of hydrogen-bond acceptors (Lipinski definition) is 3. The van der Waals surface area contributed by atoms with Crippen LogP contribution in [0.25, 0.3) is 0 Å². The quantitative estimate of drug-likeness (QED) is 0.864. The molecular weight excluding hydrogens is 344 g/mol. The Hall–Kier alpha value is -0.590. The molecule has 1 aliphatic rings. The van der Waals surface area contributed by atoms with Gasteiger partial charge in [-0.2, -0.15) is 5.10 Å². The Morgan fingerprint density at radius 2 is 2.25 bits per heavy atom. The highest BCUT2D eigenvalue weighted by Crippen LogP contribution is 2.28. The van der Waals surface area contributed by atoms with Crippen molar-refractivity contribution in [2.45, 2.75) is 45.1 Å². The zero-order chi connectivity index (χ0) is 14.0. The molecule has 1 aromatic rings. The van der Waals surface area contributed by atoms with Crippen LogP contribution >= 0.6 is 28.3 Å². The van der Waals surface area contributed by atoms with E-state index in [2.05, 4.69) is 40.0 Å². The van der Waals surface area contributed by atoms with E-state index in [9.17, 15) is 4.79 Å². The van der Waals surface area contributed by atoms with Gasteiger partial charge in [-0.3, -0.25) is 9.89 Å². The molecule has 2 heterocycles. The molecule has 5 nitrogen and oxygen atoms in total. The number of halogens is 2. The fourth-order valence-corrected chi connectivity index (χ4v) is 3.32. The SMILES string of the molecule is CC(C)c1[nH]nc(C(=O)N2CCCCC2CN)c1Br.Cl. The van der Waals surface area contributed by atoms with Crippen molar-refractivity contribution in [2.24, 2.45) is 5.73 Å². The molecule has 1 amide bonds. The van der Waals surface area contributed by atoms with E-state index in [1.165, 1.54) is 0 Å². The van der Waals surface area contributed by atoms with Gasteiger partial charge >= 0.3 is 0 Å². The lowest BCUT2D eigenvalue weighted by molar-refractivity contribution is 0.0616. The Morgan fingerprint density at radius 1 is 1.55 bits per heavy atom. The van der Waals surface area contributed by atoms with Crippen LogP contribution < -0.4 is 5.73 Å². The molecule has 1 atom stereocenters. The van der Waals surface area contributed by atoms with Crippen LogP contribution in [-0.4, -0.2) is 40.1 Å². The lowest BCUT2D eigenvalue weighted by atomic mass is 10.0. The van der Waals surface area contributed by atoms with Crippen LogP contribution in [0.2, 0.25) is 0 Å². The van der Waals surface area contributed by atoms with Gasteiger partial charge in [0.2, 0.25) is 0 Å². The molecule has 1 saturated heterocycles. The molecule has 1 fully saturated rings. The number of nitrogens with two attached hydrogens (primary N) is 1. The highest BCUT2D eigenvalue weighted by Gasteiger charge is 2.30. The minimum Gasteiger partial charge on any atom is -0.333 e. The van der Waals surface area contributed by atoms with Crippen molar-refractivity contribution in [1.29, 1.82) is 0 Å². The van der Waals surface area contributed by atoms with Gasteiger partial charge in [0, 0.05) is 19.1 Å². The van der Waals surface area contributed by atoms with E-state index in [0.29, 0.717) is 18.2 Å². The van der Waals surface area contributed by atoms with Crippen LogP contribution in [0.15, 0.2) is 4.47 Å². The first-order valence-corrected chi connectivity index (χ1v) is 7.60. The molecule has 0 bridgehead atoms. The van der Waals surface area contributed by atoms with Crippen LogP contribution in [0, 0.1) is 0 Å². The second-order valence-corrected chi connectivity index (χ2v) is 6.13. The van der Waals surface area contributed by atoms with Crippen molar-refractivity contribution in [3.05, 3.63) is 15.9 Å². The summed E-state index contributed by atoms with van der Waals surface area (Å²) in [6.45, 7) is 5.42. The van der Waals surface area contributed by atoms with Crippen molar-refractivity contribution in [1.82, 2.24) is 15.1 Å². The van der Waals surface area contributed by atoms with Crippen LogP contribution in [-0.2, 0) is 0 Å². The van der Waals surface area contributed by atoms with Gasteiger partial charge in [-0.15, -0.1) is 12.4 Å². The fourth-order valence-electron chi connectivity index (χ4n) is 2.52. The van der Waals surface area contributed by atoms with Gasteiger partial charge in [0.1, 0.15) is 0 Å². The molecule has 0 radical (unpaired) electrons. The van der Waals surface area contributed by atoms with Crippen molar-refractivity contribution in [3.8, 4) is 0 Å². The summed E-state index contributed by atoms with van der Waals surface area (Å²) >= 11 is 3.49. The fraction of sp³-hybridized carbons (Fsp3) is 0.692. The van der Waals surface area contributed by atoms with Crippen LogP contribution in [0.4, 0.5) is 0 Å². The van der Waals surface area contributed by atoms with Crippen molar-refractivity contribution in [3.63, 3.8) is 0 Å². The Morgan fingerprint density at radius 3 is 2.80 bits per heavy atom. The number of amides is 1. The number of likely N-dealkylation sites (tertiary alicyclic amines) is 1. The molecule has 0 saturated carbocycles. The third-order valence-corrected chi connectivity index (χ3v) is 4.48. The summed E-state index contributed by atoms with van der Waals surface area (Å²) in [5.74, 6) is 0.278. The Bertz CT molecular complexity index is 463. The normalized spacial score (nSPS) is 19.1. The number of hydrogen-bond donors (Lipinski definition) is 2. The van der Waals surface area contributed by atoms with E-state index in [1.54, 1.807) is 0 Å². The third-order valence-electron chi connectivity index (χ3n) is 3.67. The molecule has 1 unspecified atom stereocenters. The Kier molecular flexibility index (Phi) is 6.48. The van der Waals surface area contributed by atoms with E-state index in [-0.39, 0.29) is 24.4 Å². The standard InChI is InChI=1S/C13H21BrN4O.ClH/c1-8(2)11-10(14)12(17-16-11)13(19)18-6-4-3-5-9(18)7-15;/h8-9H,3-7,15H2,1-2H3,(H,16,17);1H. The van der Waals surface area contributed by atoms with E-state index in [1.807, 2.05) is 4.90 Å². The molecule has 2 rings (SSSR count). The first kappa shape index (κ1) is 17.5. The van der Waals surface area contributed by atoms with Gasteiger partial charge in [0.25, 0.3) is 5.91 Å². The maximum Gasteiger partial charge on any atom is 0.275 e. The van der Waals surface area contributed by atoms with Crippen molar-refractivity contribution in [2.75, 3.05) is 13.1 Å². The first-order valence-electron chi connectivity index (χ1n) is 6.81. The van der Waals surface area contributed by atoms with Crippen molar-refractivity contribution < 1.29 is 4.79 Å². The average molecular weight is 366 g/mol. The number of rotatable bonds is 3. The number of H-pyrrole nitrogens is 1. The second kappa shape index (κ2) is 7.43. The molecule has 114 valence electrons. The molecule has 0 spiro atoms. The second-order valence-electron chi connectivity index (χ2n) is 5.34. The molecule has 1 aromatic heterocycles. The average Bonchev–Trinajstić information content (AvgIpc) is 2.80. The maximum atomic E-state index is 12.6. The topological polar surface area (TPSA) is 75.0 Å². The molecule has 0 aromatic carbocycles. The number of piperidine rings is 1. The first-order chi connectivity index (χ1) is 9.06. The van der Waals surface area contributed by atoms with Gasteiger partial charge in [-0.1, -0.05) is 13.8 Å². The molecule has 3 N–H and O–H groups in total. The van der Waals surface area contributed by atoms with E-state index in [0.717, 1.165) is 36.0 Å². The molecule has 7 heteroatoms. The summed E-state index contributed by atoms with van der Waals surface area (Å²) in [7, 11) is 0. The molecule has 1 aliphatic heterocycles. The smallest absolute Gasteiger partial charge is 0.275 e. The van der Waals surface area contributed by atoms with Crippen LogP contribution in [0.3, 0.4) is 0 Å². The number of carbonyl (C=O) groups is 1. The molecule has 20 heavy (non-hydrogen) atoms. The van der Waals surface area contributed by atoms with Gasteiger partial charge in [-0.25, -0.2) is 0 Å². The summed E-state index contributed by atoms with van der Waals surface area (Å²) in [5, 5.41) is 7.13. The third kappa shape index (κ3) is 3.35. The summed E-state index contributed by atoms with van der Waals surface area (Å²) in [4.78, 5) is 14.5. The minimum atomic E-state index is -0.0230. The van der Waals surface area contributed by atoms with Crippen molar-refractivity contribution >= 4 is 34.2 Å². The monoisotopic (exact) mass is 364 g/mol. The summed E-state index contributed by atoms with van der Waals surface area (Å²) in [6, 6.07) is 0.146. The number of nitrogens with zero attached hydrogens (tertiary/aromatic N) is 2. The highest BCUT2D eigenvalue weighted by molar-refractivity contribution is 9.10. The summed E-state index contributed by atoms with van der Waals surface area (Å²) < 4.78 is 0.786. The van der Waals surface area contributed by atoms with Gasteiger partial charge in [0.15, 0.2) is 5.69 Å². The number of carbonyl (C=O) groups excluding carboxylic acids is 1. The zero-order valence-corrected chi connectivity index (χ0v) is 14.3. The zero-order valence-electron chi connectivity index (χ0n) is 11.9. The van der Waals surface area contributed by atoms with Crippen LogP contribution in [0.1, 0.15) is 55.2 Å². The number of aromatic nitrogens is 2. The summed E-state index contributed by atoms with van der Waals surface area (Å²) in [6.07, 6.45) is 3.17. The molecular formula is C13H22BrClN4O. The van der Waals surface area contributed by atoms with Gasteiger partial charge in [0.05, 0.1) is 10.2 Å². The van der Waals surface area contributed by atoms with E-state index < -0.39 is 0 Å². The largest absolute Gasteiger partial charge is 0.333 e. The van der Waals surface area contributed by atoms with Gasteiger partial charge in [-0.05, 0) is 41.1 Å². The predicted octanol–water partition coefficient (Wildman–Crippen LogP) is 2.67. The van der Waals surface area contributed by atoms with E-state index in [4.69, 9.17) is 5.73 Å². The Labute approximate surface area is 134 Å². The number of nitrogens with one attached hydrogen (secondary N) is 1. The molecule has 0 aliphatic carbocycles. The predicted molar refractivity (Wildman–Crippen MR) is 85.4 cm³/mol. The highest BCUT2D eigenvalue weighted by atomic mass is 79.9. The van der Waals surface area contributed by atoms with E-state index >= 15 is 0 Å². The maximum absolute atomic E-state index is 12.6. The number of aromatic amines is 1. The van der Waals surface area contributed by atoms with Gasteiger partial charge < -0.3 is 10.6 Å². The summed E-state index contributed by atoms with van der Waals surface area (Å²) in [5.41, 5.74) is 7.21. The minimum absolute atomic E-state index is 0.